The van der Waals surface area contributed by atoms with E-state index in [1.165, 1.54) is 12.1 Å². The highest BCUT2D eigenvalue weighted by Gasteiger charge is 2.06. The molecule has 1 aromatic rings. The molecule has 1 amide bonds. The van der Waals surface area contributed by atoms with Crippen LogP contribution in [-0.2, 0) is 4.79 Å². The summed E-state index contributed by atoms with van der Waals surface area (Å²) in [7, 11) is 0. The van der Waals surface area contributed by atoms with Crippen LogP contribution in [0.3, 0.4) is 0 Å². The maximum absolute atomic E-state index is 13.3. The van der Waals surface area contributed by atoms with E-state index in [0.717, 1.165) is 0 Å². The van der Waals surface area contributed by atoms with Crippen molar-refractivity contribution in [2.24, 2.45) is 0 Å². The first-order valence-corrected chi connectivity index (χ1v) is 6.38. The molecule has 4 nitrogen and oxygen atoms in total. The van der Waals surface area contributed by atoms with Gasteiger partial charge in [-0.2, -0.15) is 0 Å². The number of amides is 1. The Hall–Kier alpha value is -1.14. The van der Waals surface area contributed by atoms with Crippen molar-refractivity contribution in [1.82, 2.24) is 5.32 Å². The predicted molar refractivity (Wildman–Crippen MR) is 68.9 cm³/mol. The summed E-state index contributed by atoms with van der Waals surface area (Å²) in [6.45, 7) is 0.361. The van der Waals surface area contributed by atoms with Crippen LogP contribution >= 0.6 is 15.9 Å². The predicted octanol–water partition coefficient (Wildman–Crippen LogP) is 1.86. The number of carbonyl (C=O) groups is 1. The quantitative estimate of drug-likeness (QED) is 0.754. The molecule has 0 saturated heterocycles. The smallest absolute Gasteiger partial charge is 0.257 e. The van der Waals surface area contributed by atoms with E-state index in [-0.39, 0.29) is 24.9 Å². The fourth-order valence-corrected chi connectivity index (χ4v) is 1.58. The number of unbranched alkanes of at least 4 members (excludes halogenated alkanes) is 1. The maximum atomic E-state index is 13.3. The molecule has 2 N–H and O–H groups in total. The monoisotopic (exact) mass is 319 g/mol. The van der Waals surface area contributed by atoms with E-state index in [2.05, 4.69) is 21.2 Å². The first kappa shape index (κ1) is 14.9. The summed E-state index contributed by atoms with van der Waals surface area (Å²) in [6.07, 6.45) is 1.34. The molecule has 0 spiro atoms. The van der Waals surface area contributed by atoms with Crippen LogP contribution in [0.5, 0.6) is 5.75 Å². The van der Waals surface area contributed by atoms with Crippen LogP contribution in [0.15, 0.2) is 22.7 Å². The van der Waals surface area contributed by atoms with Crippen molar-refractivity contribution in [3.05, 3.63) is 28.5 Å². The van der Waals surface area contributed by atoms with E-state index < -0.39 is 5.82 Å². The second kappa shape index (κ2) is 8.05. The average Bonchev–Trinajstić information content (AvgIpc) is 2.33. The zero-order valence-corrected chi connectivity index (χ0v) is 11.4. The van der Waals surface area contributed by atoms with Gasteiger partial charge in [0.05, 0.1) is 0 Å². The van der Waals surface area contributed by atoms with Gasteiger partial charge in [0.15, 0.2) is 18.2 Å². The van der Waals surface area contributed by atoms with Crippen molar-refractivity contribution < 1.29 is 19.0 Å². The van der Waals surface area contributed by atoms with Crippen molar-refractivity contribution in [1.29, 1.82) is 0 Å². The van der Waals surface area contributed by atoms with Gasteiger partial charge >= 0.3 is 0 Å². The molecule has 0 fully saturated rings. The Labute approximate surface area is 113 Å². The molecule has 0 radical (unpaired) electrons. The molecular formula is C12H15BrFNO3. The molecule has 0 aliphatic carbocycles. The Morgan fingerprint density at radius 1 is 1.44 bits per heavy atom. The fraction of sp³-hybridized carbons (Fsp3) is 0.417. The number of halogens is 2. The summed E-state index contributed by atoms with van der Waals surface area (Å²) < 4.78 is 19.0. The van der Waals surface area contributed by atoms with Gasteiger partial charge in [-0.05, 0) is 31.0 Å². The zero-order valence-electron chi connectivity index (χ0n) is 9.79. The standard InChI is InChI=1S/C12H15BrFNO3/c13-9-3-4-11(10(14)7-9)18-8-12(17)15-5-1-2-6-16/h3-4,7,16H,1-2,5-6,8H2,(H,15,17). The fourth-order valence-electron chi connectivity index (χ4n) is 1.25. The summed E-state index contributed by atoms with van der Waals surface area (Å²) in [6, 6.07) is 4.37. The minimum absolute atomic E-state index is 0.0451. The summed E-state index contributed by atoms with van der Waals surface area (Å²) in [5, 5.41) is 11.2. The van der Waals surface area contributed by atoms with E-state index >= 15 is 0 Å². The van der Waals surface area contributed by atoms with Crippen molar-refractivity contribution in [2.75, 3.05) is 19.8 Å². The number of aliphatic hydroxyl groups is 1. The zero-order chi connectivity index (χ0) is 13.4. The Morgan fingerprint density at radius 3 is 2.89 bits per heavy atom. The molecule has 0 aliphatic rings. The number of benzene rings is 1. The van der Waals surface area contributed by atoms with E-state index in [4.69, 9.17) is 9.84 Å². The third-order valence-corrected chi connectivity index (χ3v) is 2.65. The van der Waals surface area contributed by atoms with Crippen LogP contribution in [-0.4, -0.2) is 30.8 Å². The Morgan fingerprint density at radius 2 is 2.22 bits per heavy atom. The van der Waals surface area contributed by atoms with Crippen molar-refractivity contribution in [2.45, 2.75) is 12.8 Å². The molecule has 18 heavy (non-hydrogen) atoms. The third-order valence-electron chi connectivity index (χ3n) is 2.16. The molecule has 0 saturated carbocycles. The van der Waals surface area contributed by atoms with Gasteiger partial charge in [-0.15, -0.1) is 0 Å². The van der Waals surface area contributed by atoms with Gasteiger partial charge in [0.25, 0.3) is 5.91 Å². The van der Waals surface area contributed by atoms with Gasteiger partial charge in [-0.1, -0.05) is 15.9 Å². The highest BCUT2D eigenvalue weighted by molar-refractivity contribution is 9.10. The molecule has 1 rings (SSSR count). The lowest BCUT2D eigenvalue weighted by Gasteiger charge is -2.08. The number of carbonyl (C=O) groups excluding carboxylic acids is 1. The molecular weight excluding hydrogens is 305 g/mol. The molecule has 100 valence electrons. The second-order valence-electron chi connectivity index (χ2n) is 3.64. The second-order valence-corrected chi connectivity index (χ2v) is 4.56. The molecule has 0 atom stereocenters. The summed E-state index contributed by atoms with van der Waals surface area (Å²) in [5.74, 6) is -0.781. The summed E-state index contributed by atoms with van der Waals surface area (Å²) >= 11 is 3.13. The van der Waals surface area contributed by atoms with Gasteiger partial charge in [0.2, 0.25) is 0 Å². The Balaban J connectivity index is 2.29. The van der Waals surface area contributed by atoms with Crippen LogP contribution in [0.2, 0.25) is 0 Å². The van der Waals surface area contributed by atoms with E-state index in [0.29, 0.717) is 23.9 Å². The van der Waals surface area contributed by atoms with Crippen LogP contribution in [0.1, 0.15) is 12.8 Å². The van der Waals surface area contributed by atoms with Crippen LogP contribution in [0.4, 0.5) is 4.39 Å². The Bertz CT molecular complexity index is 401. The number of nitrogens with one attached hydrogen (secondary N) is 1. The van der Waals surface area contributed by atoms with Gasteiger partial charge in [0.1, 0.15) is 0 Å². The third kappa shape index (κ3) is 5.46. The van der Waals surface area contributed by atoms with Crippen molar-refractivity contribution in [3.8, 4) is 5.75 Å². The summed E-state index contributed by atoms with van der Waals surface area (Å²) in [4.78, 5) is 11.3. The lowest BCUT2D eigenvalue weighted by atomic mass is 10.3. The number of rotatable bonds is 7. The van der Waals surface area contributed by atoms with Crippen molar-refractivity contribution >= 4 is 21.8 Å². The molecule has 0 bridgehead atoms. The van der Waals surface area contributed by atoms with E-state index in [1.54, 1.807) is 6.07 Å². The highest BCUT2D eigenvalue weighted by Crippen LogP contribution is 2.21. The first-order valence-electron chi connectivity index (χ1n) is 5.59. The molecule has 0 aliphatic heterocycles. The number of hydrogen-bond donors (Lipinski definition) is 2. The molecule has 0 aromatic heterocycles. The van der Waals surface area contributed by atoms with Gasteiger partial charge < -0.3 is 15.2 Å². The highest BCUT2D eigenvalue weighted by atomic mass is 79.9. The lowest BCUT2D eigenvalue weighted by Crippen LogP contribution is -2.29. The Kier molecular flexibility index (Phi) is 6.67. The minimum atomic E-state index is -0.516. The van der Waals surface area contributed by atoms with E-state index in [9.17, 15) is 9.18 Å². The van der Waals surface area contributed by atoms with Crippen LogP contribution in [0.25, 0.3) is 0 Å². The van der Waals surface area contributed by atoms with Gasteiger partial charge in [-0.25, -0.2) is 4.39 Å². The number of ether oxygens (including phenoxy) is 1. The molecule has 0 unspecified atom stereocenters. The minimum Gasteiger partial charge on any atom is -0.481 e. The maximum Gasteiger partial charge on any atom is 0.257 e. The summed E-state index contributed by atoms with van der Waals surface area (Å²) in [5.41, 5.74) is 0. The van der Waals surface area contributed by atoms with E-state index in [1.807, 2.05) is 0 Å². The van der Waals surface area contributed by atoms with Crippen LogP contribution < -0.4 is 10.1 Å². The largest absolute Gasteiger partial charge is 0.481 e. The van der Waals surface area contributed by atoms with Gasteiger partial charge in [0, 0.05) is 17.6 Å². The topological polar surface area (TPSA) is 58.6 Å². The van der Waals surface area contributed by atoms with Crippen molar-refractivity contribution in [3.63, 3.8) is 0 Å². The number of hydrogen-bond acceptors (Lipinski definition) is 3. The molecule has 0 heterocycles. The van der Waals surface area contributed by atoms with Gasteiger partial charge in [-0.3, -0.25) is 4.79 Å². The SMILES string of the molecule is O=C(COc1ccc(Br)cc1F)NCCCCO. The number of aliphatic hydroxyl groups excluding tert-OH is 1. The lowest BCUT2D eigenvalue weighted by molar-refractivity contribution is -0.123. The normalized spacial score (nSPS) is 10.2. The first-order chi connectivity index (χ1) is 8.63. The van der Waals surface area contributed by atoms with Crippen LogP contribution in [0, 0.1) is 5.82 Å². The average molecular weight is 320 g/mol. The molecule has 6 heteroatoms. The molecule has 1 aromatic carbocycles.